The molecule has 2 heteroatoms. The molecule has 2 aromatic carbocycles. The fourth-order valence-electron chi connectivity index (χ4n) is 2.23. The summed E-state index contributed by atoms with van der Waals surface area (Å²) in [4.78, 5) is 12.3. The molecule has 0 N–H and O–H groups in total. The van der Waals surface area contributed by atoms with Crippen molar-refractivity contribution in [2.75, 3.05) is 0 Å². The Morgan fingerprint density at radius 1 is 1.11 bits per heavy atom. The standard InChI is InChI=1S/C16H14O2/c1-11-6-8-12(9-7-11)16(17)15-10-13-4-2-3-5-14(13)18-15/h2-9,15H,10H2,1H3. The summed E-state index contributed by atoms with van der Waals surface area (Å²) in [5.41, 5.74) is 2.99. The quantitative estimate of drug-likeness (QED) is 0.751. The Labute approximate surface area is 106 Å². The summed E-state index contributed by atoms with van der Waals surface area (Å²) in [7, 11) is 0. The van der Waals surface area contributed by atoms with E-state index in [0.29, 0.717) is 6.42 Å². The number of Topliss-reactive ketones (excluding diaryl/α,β-unsaturated/α-hetero) is 1. The first-order valence-corrected chi connectivity index (χ1v) is 6.09. The molecule has 0 radical (unpaired) electrons. The smallest absolute Gasteiger partial charge is 0.203 e. The molecule has 1 aliphatic rings. The molecule has 1 atom stereocenters. The van der Waals surface area contributed by atoms with E-state index < -0.39 is 0 Å². The number of hydrogen-bond donors (Lipinski definition) is 0. The van der Waals surface area contributed by atoms with Crippen LogP contribution in [0.3, 0.4) is 0 Å². The SMILES string of the molecule is Cc1ccc(C(=O)C2Cc3ccccc3O2)cc1. The Morgan fingerprint density at radius 2 is 1.83 bits per heavy atom. The highest BCUT2D eigenvalue weighted by Gasteiger charge is 2.29. The van der Waals surface area contributed by atoms with E-state index in [2.05, 4.69) is 0 Å². The van der Waals surface area contributed by atoms with Crippen LogP contribution in [0.2, 0.25) is 0 Å². The van der Waals surface area contributed by atoms with Crippen LogP contribution in [0.1, 0.15) is 21.5 Å². The summed E-state index contributed by atoms with van der Waals surface area (Å²) in [6, 6.07) is 15.5. The van der Waals surface area contributed by atoms with Crippen molar-refractivity contribution < 1.29 is 9.53 Å². The van der Waals surface area contributed by atoms with Crippen LogP contribution in [0.5, 0.6) is 5.75 Å². The van der Waals surface area contributed by atoms with Gasteiger partial charge in [-0.1, -0.05) is 48.0 Å². The van der Waals surface area contributed by atoms with E-state index in [0.717, 1.165) is 22.4 Å². The first-order valence-electron chi connectivity index (χ1n) is 6.09. The maximum absolute atomic E-state index is 12.3. The van der Waals surface area contributed by atoms with Gasteiger partial charge in [0.15, 0.2) is 6.10 Å². The van der Waals surface area contributed by atoms with Gasteiger partial charge < -0.3 is 4.74 Å². The molecule has 1 aliphatic heterocycles. The van der Waals surface area contributed by atoms with Crippen LogP contribution in [0.4, 0.5) is 0 Å². The van der Waals surface area contributed by atoms with Crippen LogP contribution in [0.15, 0.2) is 48.5 Å². The second-order valence-corrected chi connectivity index (χ2v) is 4.65. The van der Waals surface area contributed by atoms with Gasteiger partial charge in [-0.3, -0.25) is 4.79 Å². The number of ether oxygens (including phenoxy) is 1. The number of fused-ring (bicyclic) bond motifs is 1. The monoisotopic (exact) mass is 238 g/mol. The second kappa shape index (κ2) is 4.30. The largest absolute Gasteiger partial charge is 0.482 e. The van der Waals surface area contributed by atoms with Crippen LogP contribution < -0.4 is 4.74 Å². The van der Waals surface area contributed by atoms with E-state index in [1.54, 1.807) is 0 Å². The summed E-state index contributed by atoms with van der Waals surface area (Å²) in [6.07, 6.45) is 0.299. The molecule has 0 fully saturated rings. The number of aryl methyl sites for hydroxylation is 1. The summed E-state index contributed by atoms with van der Waals surface area (Å²) >= 11 is 0. The summed E-state index contributed by atoms with van der Waals surface area (Å²) in [5, 5.41) is 0. The van der Waals surface area contributed by atoms with Gasteiger partial charge in [0.1, 0.15) is 5.75 Å². The topological polar surface area (TPSA) is 26.3 Å². The van der Waals surface area contributed by atoms with Crippen LogP contribution >= 0.6 is 0 Å². The minimum absolute atomic E-state index is 0.0613. The number of carbonyl (C=O) groups excluding carboxylic acids is 1. The number of ketones is 1. The van der Waals surface area contributed by atoms with Crippen molar-refractivity contribution in [2.45, 2.75) is 19.4 Å². The van der Waals surface area contributed by atoms with Gasteiger partial charge in [0.25, 0.3) is 0 Å². The fraction of sp³-hybridized carbons (Fsp3) is 0.188. The van der Waals surface area contributed by atoms with Crippen molar-refractivity contribution in [1.29, 1.82) is 0 Å². The van der Waals surface area contributed by atoms with Crippen molar-refractivity contribution in [3.8, 4) is 5.75 Å². The number of hydrogen-bond acceptors (Lipinski definition) is 2. The lowest BCUT2D eigenvalue weighted by Gasteiger charge is -2.09. The zero-order valence-corrected chi connectivity index (χ0v) is 10.2. The summed E-state index contributed by atoms with van der Waals surface area (Å²) < 4.78 is 5.70. The van der Waals surface area contributed by atoms with E-state index in [9.17, 15) is 4.79 Å². The highest BCUT2D eigenvalue weighted by molar-refractivity contribution is 6.00. The minimum atomic E-state index is -0.370. The normalized spacial score (nSPS) is 17.1. The third kappa shape index (κ3) is 1.90. The van der Waals surface area contributed by atoms with E-state index >= 15 is 0 Å². The molecule has 0 amide bonds. The van der Waals surface area contributed by atoms with Crippen molar-refractivity contribution >= 4 is 5.78 Å². The molecule has 18 heavy (non-hydrogen) atoms. The third-order valence-corrected chi connectivity index (χ3v) is 3.28. The molecule has 2 nitrogen and oxygen atoms in total. The van der Waals surface area contributed by atoms with Gasteiger partial charge >= 0.3 is 0 Å². The lowest BCUT2D eigenvalue weighted by molar-refractivity contribution is 0.0825. The fourth-order valence-corrected chi connectivity index (χ4v) is 2.23. The van der Waals surface area contributed by atoms with Gasteiger partial charge in [0.2, 0.25) is 5.78 Å². The average Bonchev–Trinajstić information content (AvgIpc) is 2.82. The Kier molecular flexibility index (Phi) is 2.63. The molecule has 0 spiro atoms. The van der Waals surface area contributed by atoms with Crippen molar-refractivity contribution in [3.05, 3.63) is 65.2 Å². The van der Waals surface area contributed by atoms with Crippen LogP contribution in [0, 0.1) is 6.92 Å². The number of rotatable bonds is 2. The van der Waals surface area contributed by atoms with E-state index in [4.69, 9.17) is 4.74 Å². The molecule has 0 aromatic heterocycles. The van der Waals surface area contributed by atoms with Gasteiger partial charge in [0, 0.05) is 12.0 Å². The zero-order chi connectivity index (χ0) is 12.5. The van der Waals surface area contributed by atoms with Crippen molar-refractivity contribution in [1.82, 2.24) is 0 Å². The van der Waals surface area contributed by atoms with E-state index in [1.807, 2.05) is 55.5 Å². The predicted octanol–water partition coefficient (Wildman–Crippen LogP) is 3.18. The maximum Gasteiger partial charge on any atom is 0.203 e. The highest BCUT2D eigenvalue weighted by atomic mass is 16.5. The number of para-hydroxylation sites is 1. The number of benzene rings is 2. The molecule has 2 aromatic rings. The second-order valence-electron chi connectivity index (χ2n) is 4.65. The zero-order valence-electron chi connectivity index (χ0n) is 10.2. The van der Waals surface area contributed by atoms with Gasteiger partial charge in [0.05, 0.1) is 0 Å². The van der Waals surface area contributed by atoms with Gasteiger partial charge in [-0.2, -0.15) is 0 Å². The minimum Gasteiger partial charge on any atom is -0.482 e. The highest BCUT2D eigenvalue weighted by Crippen LogP contribution is 2.29. The lowest BCUT2D eigenvalue weighted by atomic mass is 10.0. The molecule has 3 rings (SSSR count). The molecule has 0 saturated heterocycles. The van der Waals surface area contributed by atoms with Crippen molar-refractivity contribution in [3.63, 3.8) is 0 Å². The molecule has 1 unspecified atom stereocenters. The molecule has 90 valence electrons. The first-order chi connectivity index (χ1) is 8.74. The Morgan fingerprint density at radius 3 is 2.56 bits per heavy atom. The van der Waals surface area contributed by atoms with Crippen LogP contribution in [-0.2, 0) is 6.42 Å². The van der Waals surface area contributed by atoms with Gasteiger partial charge in [-0.15, -0.1) is 0 Å². The van der Waals surface area contributed by atoms with Gasteiger partial charge in [-0.05, 0) is 18.6 Å². The average molecular weight is 238 g/mol. The van der Waals surface area contributed by atoms with E-state index in [-0.39, 0.29) is 11.9 Å². The van der Waals surface area contributed by atoms with E-state index in [1.165, 1.54) is 0 Å². The number of carbonyl (C=O) groups is 1. The summed E-state index contributed by atoms with van der Waals surface area (Å²) in [6.45, 7) is 2.01. The molecule has 0 aliphatic carbocycles. The molecule has 0 bridgehead atoms. The Balaban J connectivity index is 1.82. The third-order valence-electron chi connectivity index (χ3n) is 3.28. The Hall–Kier alpha value is -2.09. The molecular formula is C16H14O2. The van der Waals surface area contributed by atoms with Crippen LogP contribution in [-0.4, -0.2) is 11.9 Å². The molecule has 0 saturated carbocycles. The first kappa shape index (κ1) is 11.0. The lowest BCUT2D eigenvalue weighted by Crippen LogP contribution is -2.25. The predicted molar refractivity (Wildman–Crippen MR) is 70.1 cm³/mol. The Bertz CT molecular complexity index is 559. The molecular weight excluding hydrogens is 224 g/mol. The molecule has 1 heterocycles. The maximum atomic E-state index is 12.3. The van der Waals surface area contributed by atoms with Crippen molar-refractivity contribution in [2.24, 2.45) is 0 Å². The summed E-state index contributed by atoms with van der Waals surface area (Å²) in [5.74, 6) is 0.897. The van der Waals surface area contributed by atoms with Crippen LogP contribution in [0.25, 0.3) is 0 Å². The van der Waals surface area contributed by atoms with Gasteiger partial charge in [-0.25, -0.2) is 0 Å².